The molecule has 0 spiro atoms. The average molecular weight is 220 g/mol. The molecule has 0 fully saturated rings. The van der Waals surface area contributed by atoms with E-state index in [1.54, 1.807) is 14.0 Å². The summed E-state index contributed by atoms with van der Waals surface area (Å²) in [5.74, 6) is 0. The molecule has 0 saturated carbocycles. The summed E-state index contributed by atoms with van der Waals surface area (Å²) in [6.45, 7) is 4.35. The maximum Gasteiger partial charge on any atom is 0.120 e. The Bertz CT molecular complexity index is 352. The van der Waals surface area contributed by atoms with Gasteiger partial charge in [-0.05, 0) is 30.0 Å². The molecule has 0 amide bonds. The third-order valence-electron chi connectivity index (χ3n) is 2.78. The predicted molar refractivity (Wildman–Crippen MR) is 66.9 cm³/mol. The van der Waals surface area contributed by atoms with Gasteiger partial charge >= 0.3 is 0 Å². The Labute approximate surface area is 97.1 Å². The Morgan fingerprint density at radius 2 is 2.06 bits per heavy atom. The lowest BCUT2D eigenvalue weighted by Gasteiger charge is -2.21. The summed E-state index contributed by atoms with van der Waals surface area (Å²) in [7, 11) is 1.63. The Hall–Kier alpha value is -1.19. The lowest BCUT2D eigenvalue weighted by molar-refractivity contribution is 0.155. The Balaban J connectivity index is 3.31. The van der Waals surface area contributed by atoms with Crippen LogP contribution in [0.3, 0.4) is 0 Å². The molecule has 0 saturated heterocycles. The first-order chi connectivity index (χ1) is 7.65. The lowest BCUT2D eigenvalue weighted by atomic mass is 9.93. The molecule has 1 atom stereocenters. The van der Waals surface area contributed by atoms with Crippen molar-refractivity contribution in [3.8, 4) is 0 Å². The van der Waals surface area contributed by atoms with Crippen LogP contribution in [0.15, 0.2) is 18.2 Å². The minimum Gasteiger partial charge on any atom is -0.371 e. The number of nitrogens with one attached hydrogen (secondary N) is 1. The van der Waals surface area contributed by atoms with Crippen LogP contribution in [0.1, 0.15) is 36.6 Å². The fraction of sp³-hybridized carbons (Fsp3) is 0.462. The number of hydrogen-bond acceptors (Lipinski definition) is 3. The van der Waals surface area contributed by atoms with E-state index in [0.29, 0.717) is 12.3 Å². The third kappa shape index (κ3) is 2.49. The Morgan fingerprint density at radius 1 is 1.44 bits per heavy atom. The highest BCUT2D eigenvalue weighted by molar-refractivity contribution is 5.85. The molecule has 1 rings (SSSR count). The highest BCUT2D eigenvalue weighted by atomic mass is 16.5. The van der Waals surface area contributed by atoms with Crippen LogP contribution in [0.2, 0.25) is 0 Å². The topological polar surface area (TPSA) is 59.1 Å². The van der Waals surface area contributed by atoms with Gasteiger partial charge in [-0.1, -0.05) is 25.1 Å². The van der Waals surface area contributed by atoms with Crippen LogP contribution in [-0.2, 0) is 17.7 Å². The molecule has 0 heterocycles. The molecule has 3 nitrogen and oxygen atoms in total. The van der Waals surface area contributed by atoms with Crippen molar-refractivity contribution in [1.29, 1.82) is 5.41 Å². The van der Waals surface area contributed by atoms with Gasteiger partial charge in [-0.2, -0.15) is 0 Å². The summed E-state index contributed by atoms with van der Waals surface area (Å²) >= 11 is 0. The van der Waals surface area contributed by atoms with Crippen molar-refractivity contribution in [3.05, 3.63) is 34.9 Å². The molecule has 0 bridgehead atoms. The number of nitrogens with two attached hydrogens (primary N) is 1. The smallest absolute Gasteiger partial charge is 0.120 e. The quantitative estimate of drug-likeness (QED) is 0.749. The molecule has 1 aromatic carbocycles. The first-order valence-electron chi connectivity index (χ1n) is 5.54. The van der Waals surface area contributed by atoms with Gasteiger partial charge in [0.1, 0.15) is 6.10 Å². The molecule has 0 radical (unpaired) electrons. The number of benzene rings is 1. The first-order valence-corrected chi connectivity index (χ1v) is 5.54. The highest BCUT2D eigenvalue weighted by Crippen LogP contribution is 2.26. The van der Waals surface area contributed by atoms with Gasteiger partial charge in [-0.25, -0.2) is 0 Å². The summed E-state index contributed by atoms with van der Waals surface area (Å²) in [6.07, 6.45) is 0.658. The van der Waals surface area contributed by atoms with Gasteiger partial charge < -0.3 is 15.9 Å². The fourth-order valence-corrected chi connectivity index (χ4v) is 2.00. The van der Waals surface area contributed by atoms with E-state index in [9.17, 15) is 0 Å². The molecule has 3 heteroatoms. The zero-order valence-electron chi connectivity index (χ0n) is 10.2. The fourth-order valence-electron chi connectivity index (χ4n) is 2.00. The van der Waals surface area contributed by atoms with Crippen LogP contribution in [0, 0.1) is 5.41 Å². The van der Waals surface area contributed by atoms with E-state index >= 15 is 0 Å². The van der Waals surface area contributed by atoms with Gasteiger partial charge in [0.05, 0.1) is 0 Å². The maximum absolute atomic E-state index is 7.77. The van der Waals surface area contributed by atoms with E-state index in [1.165, 1.54) is 5.56 Å². The van der Waals surface area contributed by atoms with Crippen LogP contribution < -0.4 is 5.73 Å². The van der Waals surface area contributed by atoms with Gasteiger partial charge in [-0.15, -0.1) is 0 Å². The first kappa shape index (κ1) is 12.9. The summed E-state index contributed by atoms with van der Waals surface area (Å²) < 4.78 is 5.40. The van der Waals surface area contributed by atoms with Crippen LogP contribution >= 0.6 is 0 Å². The van der Waals surface area contributed by atoms with Crippen LogP contribution in [0.5, 0.6) is 0 Å². The van der Waals surface area contributed by atoms with E-state index in [0.717, 1.165) is 17.5 Å². The molecule has 1 unspecified atom stereocenters. The molecule has 3 N–H and O–H groups in total. The largest absolute Gasteiger partial charge is 0.371 e. The molecule has 0 aliphatic carbocycles. The number of ether oxygens (including phenoxy) is 1. The van der Waals surface area contributed by atoms with E-state index in [4.69, 9.17) is 15.9 Å². The number of aryl methyl sites for hydroxylation is 1. The Kier molecular flexibility index (Phi) is 4.65. The van der Waals surface area contributed by atoms with Gasteiger partial charge in [0, 0.05) is 19.4 Å². The van der Waals surface area contributed by atoms with Gasteiger partial charge in [-0.3, -0.25) is 0 Å². The second-order valence-corrected chi connectivity index (χ2v) is 3.85. The number of hydrogen-bond donors (Lipinski definition) is 2. The maximum atomic E-state index is 7.77. The Morgan fingerprint density at radius 3 is 2.50 bits per heavy atom. The summed E-state index contributed by atoms with van der Waals surface area (Å²) in [5, 5.41) is 7.77. The number of rotatable bonds is 5. The molecule has 0 aromatic heterocycles. The van der Waals surface area contributed by atoms with Crippen molar-refractivity contribution in [1.82, 2.24) is 0 Å². The van der Waals surface area contributed by atoms with Gasteiger partial charge in [0.25, 0.3) is 0 Å². The summed E-state index contributed by atoms with van der Waals surface area (Å²) in [5.41, 5.74) is 9.60. The predicted octanol–water partition coefficient (Wildman–Crippen LogP) is 2.43. The van der Waals surface area contributed by atoms with Crippen molar-refractivity contribution in [2.45, 2.75) is 32.9 Å². The van der Waals surface area contributed by atoms with E-state index in [-0.39, 0.29) is 6.10 Å². The normalized spacial score (nSPS) is 12.5. The van der Waals surface area contributed by atoms with Crippen molar-refractivity contribution in [2.75, 3.05) is 7.11 Å². The van der Waals surface area contributed by atoms with Crippen molar-refractivity contribution in [2.24, 2.45) is 5.73 Å². The second-order valence-electron chi connectivity index (χ2n) is 3.85. The van der Waals surface area contributed by atoms with Crippen molar-refractivity contribution < 1.29 is 4.74 Å². The lowest BCUT2D eigenvalue weighted by Crippen LogP contribution is -2.16. The highest BCUT2D eigenvalue weighted by Gasteiger charge is 2.19. The molecule has 1 aromatic rings. The molecular formula is C13H20N2O. The van der Waals surface area contributed by atoms with Gasteiger partial charge in [0.2, 0.25) is 0 Å². The van der Waals surface area contributed by atoms with Crippen LogP contribution in [0.4, 0.5) is 0 Å². The van der Waals surface area contributed by atoms with Gasteiger partial charge in [0.15, 0.2) is 0 Å². The monoisotopic (exact) mass is 220 g/mol. The SMILES string of the molecule is CCc1cccc(CN)c1C(OC)C(C)=N. The molecule has 0 aliphatic heterocycles. The number of methoxy groups -OCH3 is 1. The van der Waals surface area contributed by atoms with Crippen molar-refractivity contribution in [3.63, 3.8) is 0 Å². The molecule has 88 valence electrons. The van der Waals surface area contributed by atoms with E-state index in [2.05, 4.69) is 13.0 Å². The van der Waals surface area contributed by atoms with Crippen LogP contribution in [0.25, 0.3) is 0 Å². The standard InChI is InChI=1S/C13H20N2O/c1-4-10-6-5-7-11(8-14)12(10)13(16-3)9(2)15/h5-7,13,15H,4,8,14H2,1-3H3. The van der Waals surface area contributed by atoms with Crippen molar-refractivity contribution >= 4 is 5.71 Å². The average Bonchev–Trinajstić information content (AvgIpc) is 2.29. The van der Waals surface area contributed by atoms with E-state index in [1.807, 2.05) is 12.1 Å². The summed E-state index contributed by atoms with van der Waals surface area (Å²) in [4.78, 5) is 0. The zero-order chi connectivity index (χ0) is 12.1. The minimum absolute atomic E-state index is 0.269. The summed E-state index contributed by atoms with van der Waals surface area (Å²) in [6, 6.07) is 6.09. The molecular weight excluding hydrogens is 200 g/mol. The minimum atomic E-state index is -0.269. The zero-order valence-corrected chi connectivity index (χ0v) is 10.2. The molecule has 16 heavy (non-hydrogen) atoms. The second kappa shape index (κ2) is 5.77. The molecule has 0 aliphatic rings. The van der Waals surface area contributed by atoms with Crippen LogP contribution in [-0.4, -0.2) is 12.8 Å². The third-order valence-corrected chi connectivity index (χ3v) is 2.78. The van der Waals surface area contributed by atoms with E-state index < -0.39 is 0 Å².